The van der Waals surface area contributed by atoms with Gasteiger partial charge in [0, 0.05) is 17.0 Å². The van der Waals surface area contributed by atoms with E-state index in [0.717, 1.165) is 42.2 Å². The maximum atomic E-state index is 12.1. The molecule has 0 aliphatic heterocycles. The summed E-state index contributed by atoms with van der Waals surface area (Å²) in [5, 5.41) is 10.0. The molecule has 116 valence electrons. The molecule has 0 fully saturated rings. The van der Waals surface area contributed by atoms with E-state index < -0.39 is 12.1 Å². The maximum absolute atomic E-state index is 12.1. The van der Waals surface area contributed by atoms with Crippen molar-refractivity contribution in [3.05, 3.63) is 38.7 Å². The highest BCUT2D eigenvalue weighted by atomic mass is 35.5. The SMILES string of the molecule is C[C@H](Oc1cc2oc(=O)c3c(c2cc1Cl)CCCC3)C(=O)O. The van der Waals surface area contributed by atoms with Crippen LogP contribution in [0.2, 0.25) is 5.02 Å². The zero-order valence-electron chi connectivity index (χ0n) is 12.0. The van der Waals surface area contributed by atoms with E-state index in [2.05, 4.69) is 0 Å². The van der Waals surface area contributed by atoms with Gasteiger partial charge in [-0.05, 0) is 44.2 Å². The quantitative estimate of drug-likeness (QED) is 0.878. The first kappa shape index (κ1) is 14.9. The molecule has 0 radical (unpaired) electrons. The number of carboxylic acids is 1. The van der Waals surface area contributed by atoms with E-state index in [4.69, 9.17) is 25.9 Å². The number of aliphatic carboxylic acids is 1. The number of carboxylic acid groups (broad SMARTS) is 1. The Morgan fingerprint density at radius 2 is 2.00 bits per heavy atom. The van der Waals surface area contributed by atoms with Crippen LogP contribution in [0.3, 0.4) is 0 Å². The highest BCUT2D eigenvalue weighted by molar-refractivity contribution is 6.32. The second kappa shape index (κ2) is 5.65. The Kier molecular flexibility index (Phi) is 3.83. The minimum Gasteiger partial charge on any atom is -0.479 e. The molecule has 1 aliphatic carbocycles. The number of hydrogen-bond acceptors (Lipinski definition) is 4. The number of ether oxygens (including phenoxy) is 1. The van der Waals surface area contributed by atoms with Gasteiger partial charge in [-0.3, -0.25) is 0 Å². The Bertz CT molecular complexity index is 808. The van der Waals surface area contributed by atoms with E-state index in [-0.39, 0.29) is 11.4 Å². The van der Waals surface area contributed by atoms with Gasteiger partial charge >= 0.3 is 11.6 Å². The van der Waals surface area contributed by atoms with Crippen molar-refractivity contribution in [2.75, 3.05) is 0 Å². The van der Waals surface area contributed by atoms with Crippen molar-refractivity contribution in [3.63, 3.8) is 0 Å². The summed E-state index contributed by atoms with van der Waals surface area (Å²) >= 11 is 6.20. The molecule has 1 heterocycles. The average molecular weight is 323 g/mol. The van der Waals surface area contributed by atoms with Crippen molar-refractivity contribution in [3.8, 4) is 5.75 Å². The largest absolute Gasteiger partial charge is 0.479 e. The summed E-state index contributed by atoms with van der Waals surface area (Å²) in [7, 11) is 0. The lowest BCUT2D eigenvalue weighted by molar-refractivity contribution is -0.144. The first-order chi connectivity index (χ1) is 10.5. The van der Waals surface area contributed by atoms with Gasteiger partial charge in [0.2, 0.25) is 0 Å². The second-order valence-electron chi connectivity index (χ2n) is 5.43. The third-order valence-corrected chi connectivity index (χ3v) is 4.22. The van der Waals surface area contributed by atoms with Gasteiger partial charge in [0.15, 0.2) is 6.10 Å². The fraction of sp³-hybridized carbons (Fsp3) is 0.375. The summed E-state index contributed by atoms with van der Waals surface area (Å²) in [6, 6.07) is 3.18. The fourth-order valence-corrected chi connectivity index (χ4v) is 2.98. The number of hydrogen-bond donors (Lipinski definition) is 1. The van der Waals surface area contributed by atoms with Crippen LogP contribution >= 0.6 is 11.6 Å². The third kappa shape index (κ3) is 2.57. The number of halogens is 1. The lowest BCUT2D eigenvalue weighted by atomic mass is 9.90. The number of carbonyl (C=O) groups is 1. The van der Waals surface area contributed by atoms with E-state index in [0.29, 0.717) is 10.6 Å². The molecule has 1 aromatic carbocycles. The molecule has 0 saturated heterocycles. The Morgan fingerprint density at radius 1 is 1.32 bits per heavy atom. The molecule has 1 aliphatic rings. The van der Waals surface area contributed by atoms with Crippen molar-refractivity contribution >= 4 is 28.5 Å². The predicted octanol–water partition coefficient (Wildman–Crippen LogP) is 3.18. The molecule has 1 atom stereocenters. The van der Waals surface area contributed by atoms with E-state index in [1.54, 1.807) is 6.07 Å². The molecule has 6 heteroatoms. The average Bonchev–Trinajstić information content (AvgIpc) is 2.49. The number of aryl methyl sites for hydroxylation is 1. The summed E-state index contributed by atoms with van der Waals surface area (Å²) < 4.78 is 10.7. The van der Waals surface area contributed by atoms with E-state index in [1.807, 2.05) is 0 Å². The summed E-state index contributed by atoms with van der Waals surface area (Å²) in [5.41, 5.74) is 1.75. The lowest BCUT2D eigenvalue weighted by Gasteiger charge is -2.17. The van der Waals surface area contributed by atoms with Crippen molar-refractivity contribution in [1.29, 1.82) is 0 Å². The number of fused-ring (bicyclic) bond motifs is 3. The molecule has 2 aromatic rings. The van der Waals surface area contributed by atoms with Crippen molar-refractivity contribution in [2.45, 2.75) is 38.7 Å². The van der Waals surface area contributed by atoms with Crippen LogP contribution < -0.4 is 10.4 Å². The molecular formula is C16H15ClO5. The zero-order valence-corrected chi connectivity index (χ0v) is 12.8. The molecule has 0 saturated carbocycles. The fourth-order valence-electron chi connectivity index (χ4n) is 2.78. The summed E-state index contributed by atoms with van der Waals surface area (Å²) in [6.45, 7) is 1.41. The summed E-state index contributed by atoms with van der Waals surface area (Å²) in [4.78, 5) is 23.0. The van der Waals surface area contributed by atoms with Crippen LogP contribution in [0.4, 0.5) is 0 Å². The molecule has 0 spiro atoms. The maximum Gasteiger partial charge on any atom is 0.344 e. The van der Waals surface area contributed by atoms with Crippen LogP contribution in [0.25, 0.3) is 11.0 Å². The lowest BCUT2D eigenvalue weighted by Crippen LogP contribution is -2.23. The van der Waals surface area contributed by atoms with E-state index in [9.17, 15) is 9.59 Å². The standard InChI is InChI=1S/C16H15ClO5/c1-8(15(18)19)21-14-7-13-11(6-12(14)17)9-4-2-3-5-10(9)16(20)22-13/h6-8H,2-5H2,1H3,(H,18,19)/t8-/m0/s1. The van der Waals surface area contributed by atoms with Crippen molar-refractivity contribution < 1.29 is 19.1 Å². The Hall–Kier alpha value is -2.01. The monoisotopic (exact) mass is 322 g/mol. The Balaban J connectivity index is 2.14. The minimum absolute atomic E-state index is 0.197. The van der Waals surface area contributed by atoms with E-state index in [1.165, 1.54) is 13.0 Å². The van der Waals surface area contributed by atoms with Gasteiger partial charge in [-0.15, -0.1) is 0 Å². The highest BCUT2D eigenvalue weighted by Crippen LogP contribution is 2.34. The van der Waals surface area contributed by atoms with Crippen LogP contribution in [0.1, 0.15) is 30.9 Å². The van der Waals surface area contributed by atoms with Gasteiger partial charge < -0.3 is 14.3 Å². The van der Waals surface area contributed by atoms with Gasteiger partial charge in [-0.1, -0.05) is 11.6 Å². The first-order valence-electron chi connectivity index (χ1n) is 7.15. The Morgan fingerprint density at radius 3 is 2.68 bits per heavy atom. The van der Waals surface area contributed by atoms with Gasteiger partial charge in [-0.2, -0.15) is 0 Å². The molecule has 0 bridgehead atoms. The molecular weight excluding hydrogens is 308 g/mol. The molecule has 0 unspecified atom stereocenters. The van der Waals surface area contributed by atoms with Gasteiger partial charge in [0.1, 0.15) is 11.3 Å². The van der Waals surface area contributed by atoms with Crippen LogP contribution in [0.5, 0.6) is 5.75 Å². The molecule has 1 N–H and O–H groups in total. The van der Waals surface area contributed by atoms with Crippen LogP contribution in [0.15, 0.2) is 21.3 Å². The molecule has 22 heavy (non-hydrogen) atoms. The summed E-state index contributed by atoms with van der Waals surface area (Å²) in [6.07, 6.45) is 2.50. The van der Waals surface area contributed by atoms with Gasteiger partial charge in [-0.25, -0.2) is 9.59 Å². The molecule has 1 aromatic heterocycles. The van der Waals surface area contributed by atoms with Crippen molar-refractivity contribution in [2.24, 2.45) is 0 Å². The number of benzene rings is 1. The number of rotatable bonds is 3. The topological polar surface area (TPSA) is 76.7 Å². The molecule has 5 nitrogen and oxygen atoms in total. The zero-order chi connectivity index (χ0) is 15.9. The second-order valence-corrected chi connectivity index (χ2v) is 5.84. The van der Waals surface area contributed by atoms with Crippen LogP contribution in [0, 0.1) is 0 Å². The first-order valence-corrected chi connectivity index (χ1v) is 7.52. The molecule has 0 amide bonds. The van der Waals surface area contributed by atoms with Crippen LogP contribution in [-0.2, 0) is 17.6 Å². The molecule has 3 rings (SSSR count). The van der Waals surface area contributed by atoms with Crippen molar-refractivity contribution in [1.82, 2.24) is 0 Å². The van der Waals surface area contributed by atoms with E-state index >= 15 is 0 Å². The van der Waals surface area contributed by atoms with Gasteiger partial charge in [0.25, 0.3) is 0 Å². The third-order valence-electron chi connectivity index (χ3n) is 3.93. The normalized spacial score (nSPS) is 15.4. The smallest absolute Gasteiger partial charge is 0.344 e. The Labute approximate surface area is 131 Å². The van der Waals surface area contributed by atoms with Gasteiger partial charge in [0.05, 0.1) is 5.02 Å². The highest BCUT2D eigenvalue weighted by Gasteiger charge is 2.21. The minimum atomic E-state index is -1.09. The van der Waals surface area contributed by atoms with Crippen LogP contribution in [-0.4, -0.2) is 17.2 Å². The predicted molar refractivity (Wildman–Crippen MR) is 81.9 cm³/mol. The summed E-state index contributed by atoms with van der Waals surface area (Å²) in [5.74, 6) is -0.897.